The number of aliphatic hydroxyl groups is 1. The number of amides is 1. The highest BCUT2D eigenvalue weighted by atomic mass is 19.1. The van der Waals surface area contributed by atoms with Gasteiger partial charge >= 0.3 is 0 Å². The van der Waals surface area contributed by atoms with Crippen LogP contribution in [0, 0.1) is 23.0 Å². The molecule has 6 nitrogen and oxygen atoms in total. The average molecular weight is 372 g/mol. The number of hydrogen-bond acceptors (Lipinski definition) is 5. The summed E-state index contributed by atoms with van der Waals surface area (Å²) in [6.07, 6.45) is 0. The average Bonchev–Trinajstić information content (AvgIpc) is 3.20. The van der Waals surface area contributed by atoms with Crippen LogP contribution in [-0.2, 0) is 0 Å². The molecule has 0 aliphatic carbocycles. The molecule has 4 N–H and O–H groups in total. The SMILES string of the molecule is N#Cc1cc(C(=O)N[C@H](CO)c2c(F)cccc2F)ccc1C1CNNC1. The summed E-state index contributed by atoms with van der Waals surface area (Å²) < 4.78 is 27.9. The van der Waals surface area contributed by atoms with Crippen molar-refractivity contribution in [1.29, 1.82) is 5.26 Å². The minimum atomic E-state index is -1.24. The first-order valence-electron chi connectivity index (χ1n) is 8.40. The van der Waals surface area contributed by atoms with E-state index in [9.17, 15) is 23.9 Å². The molecule has 0 bridgehead atoms. The van der Waals surface area contributed by atoms with Crippen molar-refractivity contribution < 1.29 is 18.7 Å². The number of carbonyl (C=O) groups is 1. The Kier molecular flexibility index (Phi) is 5.76. The van der Waals surface area contributed by atoms with Gasteiger partial charge < -0.3 is 10.4 Å². The van der Waals surface area contributed by atoms with Gasteiger partial charge in [0.15, 0.2) is 0 Å². The van der Waals surface area contributed by atoms with Crippen LogP contribution in [0.2, 0.25) is 0 Å². The van der Waals surface area contributed by atoms with Crippen LogP contribution in [0.15, 0.2) is 36.4 Å². The van der Waals surface area contributed by atoms with E-state index in [1.54, 1.807) is 12.1 Å². The molecular weight excluding hydrogens is 354 g/mol. The van der Waals surface area contributed by atoms with Crippen molar-refractivity contribution >= 4 is 5.91 Å². The fraction of sp³-hybridized carbons (Fsp3) is 0.263. The molecular formula is C19H18F2N4O2. The highest BCUT2D eigenvalue weighted by molar-refractivity contribution is 5.95. The van der Waals surface area contributed by atoms with Crippen LogP contribution in [0.5, 0.6) is 0 Å². The lowest BCUT2D eigenvalue weighted by molar-refractivity contribution is 0.0914. The maximum Gasteiger partial charge on any atom is 0.251 e. The van der Waals surface area contributed by atoms with E-state index in [0.717, 1.165) is 17.7 Å². The summed E-state index contributed by atoms with van der Waals surface area (Å²) in [5.41, 5.74) is 6.90. The minimum absolute atomic E-state index is 0.106. The smallest absolute Gasteiger partial charge is 0.251 e. The van der Waals surface area contributed by atoms with Gasteiger partial charge in [-0.2, -0.15) is 5.26 Å². The van der Waals surface area contributed by atoms with Gasteiger partial charge in [-0.15, -0.1) is 0 Å². The van der Waals surface area contributed by atoms with E-state index in [2.05, 4.69) is 22.2 Å². The predicted molar refractivity (Wildman–Crippen MR) is 93.6 cm³/mol. The van der Waals surface area contributed by atoms with Crippen LogP contribution in [-0.4, -0.2) is 30.7 Å². The molecule has 1 atom stereocenters. The van der Waals surface area contributed by atoms with Crippen molar-refractivity contribution in [3.8, 4) is 6.07 Å². The third-order valence-corrected chi connectivity index (χ3v) is 4.53. The van der Waals surface area contributed by atoms with Gasteiger partial charge in [0.25, 0.3) is 5.91 Å². The molecule has 1 aliphatic heterocycles. The Hall–Kier alpha value is -2.86. The van der Waals surface area contributed by atoms with Crippen molar-refractivity contribution in [2.75, 3.05) is 19.7 Å². The van der Waals surface area contributed by atoms with E-state index >= 15 is 0 Å². The lowest BCUT2D eigenvalue weighted by atomic mass is 9.93. The lowest BCUT2D eigenvalue weighted by Gasteiger charge is -2.18. The molecule has 2 aromatic rings. The first-order chi connectivity index (χ1) is 13.0. The number of halogens is 2. The second-order valence-electron chi connectivity index (χ2n) is 6.22. The number of nitrogens with zero attached hydrogens (tertiary/aromatic N) is 1. The quantitative estimate of drug-likeness (QED) is 0.638. The molecule has 0 aromatic heterocycles. The molecule has 1 amide bonds. The molecule has 0 unspecified atom stereocenters. The summed E-state index contributed by atoms with van der Waals surface area (Å²) in [6.45, 7) is 0.658. The number of hydrazine groups is 1. The number of nitriles is 1. The van der Waals surface area contributed by atoms with E-state index in [4.69, 9.17) is 0 Å². The number of rotatable bonds is 5. The van der Waals surface area contributed by atoms with E-state index in [1.165, 1.54) is 12.1 Å². The molecule has 1 saturated heterocycles. The Morgan fingerprint density at radius 2 is 1.93 bits per heavy atom. The van der Waals surface area contributed by atoms with Crippen molar-refractivity contribution in [3.05, 3.63) is 70.3 Å². The highest BCUT2D eigenvalue weighted by Gasteiger charge is 2.24. The molecule has 0 saturated carbocycles. The molecule has 3 rings (SSSR count). The van der Waals surface area contributed by atoms with Crippen LogP contribution in [0.25, 0.3) is 0 Å². The summed E-state index contributed by atoms with van der Waals surface area (Å²) in [4.78, 5) is 12.5. The van der Waals surface area contributed by atoms with Crippen LogP contribution >= 0.6 is 0 Å². The zero-order valence-corrected chi connectivity index (χ0v) is 14.3. The van der Waals surface area contributed by atoms with Gasteiger partial charge in [0, 0.05) is 30.1 Å². The Morgan fingerprint density at radius 1 is 1.26 bits per heavy atom. The Bertz CT molecular complexity index is 872. The predicted octanol–water partition coefficient (Wildman–Crippen LogP) is 1.49. The van der Waals surface area contributed by atoms with E-state index in [-0.39, 0.29) is 11.5 Å². The molecule has 1 fully saturated rings. The van der Waals surface area contributed by atoms with Crippen LogP contribution in [0.4, 0.5) is 8.78 Å². The fourth-order valence-electron chi connectivity index (χ4n) is 3.13. The fourth-order valence-corrected chi connectivity index (χ4v) is 3.13. The summed E-state index contributed by atoms with van der Waals surface area (Å²) >= 11 is 0. The molecule has 27 heavy (non-hydrogen) atoms. The van der Waals surface area contributed by atoms with Crippen LogP contribution in [0.1, 0.15) is 39.0 Å². The van der Waals surface area contributed by atoms with Crippen molar-refractivity contribution in [2.45, 2.75) is 12.0 Å². The van der Waals surface area contributed by atoms with Crippen molar-refractivity contribution in [3.63, 3.8) is 0 Å². The van der Waals surface area contributed by atoms with Gasteiger partial charge in [0.1, 0.15) is 11.6 Å². The summed E-state index contributed by atoms with van der Waals surface area (Å²) in [7, 11) is 0. The first-order valence-corrected chi connectivity index (χ1v) is 8.40. The largest absolute Gasteiger partial charge is 0.394 e. The molecule has 140 valence electrons. The molecule has 1 heterocycles. The number of carbonyl (C=O) groups excluding carboxylic acids is 1. The van der Waals surface area contributed by atoms with Crippen LogP contribution in [0.3, 0.4) is 0 Å². The van der Waals surface area contributed by atoms with Gasteiger partial charge in [-0.05, 0) is 29.8 Å². The third kappa shape index (κ3) is 3.95. The number of hydrogen-bond donors (Lipinski definition) is 4. The maximum absolute atomic E-state index is 13.9. The van der Waals surface area contributed by atoms with Gasteiger partial charge in [-0.25, -0.2) is 8.78 Å². The van der Waals surface area contributed by atoms with E-state index in [1.807, 2.05) is 0 Å². The second kappa shape index (κ2) is 8.22. The highest BCUT2D eigenvalue weighted by Crippen LogP contribution is 2.24. The van der Waals surface area contributed by atoms with Gasteiger partial charge in [0.2, 0.25) is 0 Å². The molecule has 0 spiro atoms. The monoisotopic (exact) mass is 372 g/mol. The van der Waals surface area contributed by atoms with Gasteiger partial charge in [0.05, 0.1) is 24.3 Å². The van der Waals surface area contributed by atoms with Gasteiger partial charge in [-0.3, -0.25) is 15.6 Å². The van der Waals surface area contributed by atoms with E-state index in [0.29, 0.717) is 18.7 Å². The lowest BCUT2D eigenvalue weighted by Crippen LogP contribution is -2.32. The summed E-state index contributed by atoms with van der Waals surface area (Å²) in [5.74, 6) is -2.25. The Morgan fingerprint density at radius 3 is 2.52 bits per heavy atom. The van der Waals surface area contributed by atoms with Crippen LogP contribution < -0.4 is 16.2 Å². The first kappa shape index (κ1) is 18.9. The van der Waals surface area contributed by atoms with E-state index < -0.39 is 35.8 Å². The number of nitrogens with one attached hydrogen (secondary N) is 3. The topological polar surface area (TPSA) is 97.2 Å². The Labute approximate surface area is 154 Å². The standard InChI is InChI=1S/C19H18F2N4O2/c20-15-2-1-3-16(21)18(15)17(10-26)25-19(27)11-4-5-14(12(6-11)7-22)13-8-23-24-9-13/h1-6,13,17,23-24,26H,8-10H2,(H,25,27)/t17-/m1/s1. The van der Waals surface area contributed by atoms with Crippen molar-refractivity contribution in [1.82, 2.24) is 16.2 Å². The zero-order valence-electron chi connectivity index (χ0n) is 14.3. The molecule has 8 heteroatoms. The summed E-state index contributed by atoms with van der Waals surface area (Å²) in [5, 5.41) is 21.3. The van der Waals surface area contributed by atoms with Crippen molar-refractivity contribution in [2.24, 2.45) is 0 Å². The number of aliphatic hydroxyl groups excluding tert-OH is 1. The third-order valence-electron chi connectivity index (χ3n) is 4.53. The second-order valence-corrected chi connectivity index (χ2v) is 6.22. The maximum atomic E-state index is 13.9. The van der Waals surface area contributed by atoms with Gasteiger partial charge in [-0.1, -0.05) is 12.1 Å². The summed E-state index contributed by atoms with van der Waals surface area (Å²) in [6, 6.07) is 8.84. The number of benzene rings is 2. The molecule has 2 aromatic carbocycles. The normalized spacial score (nSPS) is 15.3. The Balaban J connectivity index is 1.84. The molecule has 1 aliphatic rings. The minimum Gasteiger partial charge on any atom is -0.394 e. The molecule has 0 radical (unpaired) electrons. The zero-order chi connectivity index (χ0) is 19.4.